The lowest BCUT2D eigenvalue weighted by atomic mass is 10.00. The number of nitrogens with one attached hydrogen (secondary N) is 1. The lowest BCUT2D eigenvalue weighted by Crippen LogP contribution is -2.28. The molecule has 1 aromatic rings. The number of hydrogen-bond donors (Lipinski definition) is 2. The van der Waals surface area contributed by atoms with Crippen LogP contribution in [0, 0.1) is 5.82 Å². The molecule has 4 heteroatoms. The van der Waals surface area contributed by atoms with E-state index in [1.54, 1.807) is 6.07 Å². The molecule has 2 unspecified atom stereocenters. The molecule has 0 radical (unpaired) electrons. The van der Waals surface area contributed by atoms with E-state index in [9.17, 15) is 4.39 Å². The molecule has 18 heavy (non-hydrogen) atoms. The molecule has 2 rings (SSSR count). The Hall–Kier alpha value is -0.970. The van der Waals surface area contributed by atoms with Gasteiger partial charge in [0.25, 0.3) is 0 Å². The monoisotopic (exact) mass is 252 g/mol. The number of benzene rings is 1. The lowest BCUT2D eigenvalue weighted by molar-refractivity contribution is 0.101. The summed E-state index contributed by atoms with van der Waals surface area (Å²) in [6.45, 7) is 0.896. The van der Waals surface area contributed by atoms with Crippen LogP contribution in [0.1, 0.15) is 43.7 Å². The van der Waals surface area contributed by atoms with Crippen molar-refractivity contribution in [2.45, 2.75) is 44.2 Å². The van der Waals surface area contributed by atoms with Crippen LogP contribution in [0.2, 0.25) is 0 Å². The van der Waals surface area contributed by atoms with Crippen LogP contribution in [0.25, 0.3) is 0 Å². The van der Waals surface area contributed by atoms with Crippen molar-refractivity contribution in [3.63, 3.8) is 0 Å². The van der Waals surface area contributed by atoms with Gasteiger partial charge in [-0.2, -0.15) is 0 Å². The predicted molar refractivity (Wildman–Crippen MR) is 69.3 cm³/mol. The third-order valence-corrected chi connectivity index (χ3v) is 3.50. The summed E-state index contributed by atoms with van der Waals surface area (Å²) in [5.41, 5.74) is 3.67. The quantitative estimate of drug-likeness (QED) is 0.604. The first-order valence-corrected chi connectivity index (χ1v) is 6.63. The summed E-state index contributed by atoms with van der Waals surface area (Å²) in [4.78, 5) is 0. The lowest BCUT2D eigenvalue weighted by Gasteiger charge is -2.17. The van der Waals surface area contributed by atoms with Gasteiger partial charge in [-0.3, -0.25) is 11.3 Å². The molecule has 1 aliphatic heterocycles. The van der Waals surface area contributed by atoms with Crippen molar-refractivity contribution < 1.29 is 9.13 Å². The summed E-state index contributed by atoms with van der Waals surface area (Å²) in [5, 5.41) is 0. The van der Waals surface area contributed by atoms with Crippen LogP contribution in [0.5, 0.6) is 0 Å². The second-order valence-electron chi connectivity index (χ2n) is 4.84. The maximum atomic E-state index is 13.1. The van der Waals surface area contributed by atoms with Crippen LogP contribution in [0.15, 0.2) is 24.3 Å². The first-order chi connectivity index (χ1) is 8.79. The summed E-state index contributed by atoms with van der Waals surface area (Å²) in [7, 11) is 0. The van der Waals surface area contributed by atoms with E-state index in [0.717, 1.165) is 31.4 Å². The van der Waals surface area contributed by atoms with Gasteiger partial charge in [0.05, 0.1) is 6.10 Å². The molecule has 1 heterocycles. The van der Waals surface area contributed by atoms with Gasteiger partial charge in [0, 0.05) is 12.6 Å². The third kappa shape index (κ3) is 3.77. The molecule has 0 amide bonds. The molecule has 1 fully saturated rings. The minimum Gasteiger partial charge on any atom is -0.378 e. The summed E-state index contributed by atoms with van der Waals surface area (Å²) in [5.74, 6) is 5.33. The number of ether oxygens (including phenoxy) is 1. The Morgan fingerprint density at radius 2 is 2.39 bits per heavy atom. The van der Waals surface area contributed by atoms with Crippen LogP contribution in [-0.4, -0.2) is 12.7 Å². The van der Waals surface area contributed by atoms with Gasteiger partial charge in [-0.05, 0) is 49.8 Å². The minimum absolute atomic E-state index is 0.0158. The number of rotatable bonds is 6. The van der Waals surface area contributed by atoms with Crippen LogP contribution < -0.4 is 11.3 Å². The molecule has 1 saturated heterocycles. The van der Waals surface area contributed by atoms with E-state index in [2.05, 4.69) is 5.43 Å². The molecule has 0 bridgehead atoms. The van der Waals surface area contributed by atoms with Gasteiger partial charge in [0.1, 0.15) is 5.82 Å². The number of hydrazine groups is 1. The van der Waals surface area contributed by atoms with Crippen LogP contribution in [0.4, 0.5) is 4.39 Å². The summed E-state index contributed by atoms with van der Waals surface area (Å²) >= 11 is 0. The molecule has 3 N–H and O–H groups in total. The molecule has 1 aliphatic rings. The zero-order valence-corrected chi connectivity index (χ0v) is 10.6. The van der Waals surface area contributed by atoms with E-state index in [1.807, 2.05) is 6.07 Å². The molecule has 0 spiro atoms. The fourth-order valence-corrected chi connectivity index (χ4v) is 2.49. The molecule has 0 aromatic heterocycles. The molecular formula is C14H21FN2O. The molecule has 0 saturated carbocycles. The second-order valence-corrected chi connectivity index (χ2v) is 4.84. The maximum absolute atomic E-state index is 13.1. The van der Waals surface area contributed by atoms with Gasteiger partial charge < -0.3 is 4.74 Å². The molecule has 0 aliphatic carbocycles. The topological polar surface area (TPSA) is 47.3 Å². The maximum Gasteiger partial charge on any atom is 0.123 e. The first kappa shape index (κ1) is 13.5. The normalized spacial score (nSPS) is 21.1. The number of halogens is 1. The Kier molecular flexibility index (Phi) is 5.11. The van der Waals surface area contributed by atoms with E-state index < -0.39 is 0 Å². The van der Waals surface area contributed by atoms with E-state index in [1.165, 1.54) is 25.0 Å². The molecule has 2 atom stereocenters. The standard InChI is InChI=1S/C14H21FN2O/c15-12-5-1-4-11(10-12)14(17-16)8-2-6-13-7-3-9-18-13/h1,4-5,10,13-14,17H,2-3,6-9,16H2. The third-order valence-electron chi connectivity index (χ3n) is 3.50. The van der Waals surface area contributed by atoms with Crippen molar-refractivity contribution in [2.24, 2.45) is 5.84 Å². The Morgan fingerprint density at radius 3 is 3.06 bits per heavy atom. The highest BCUT2D eigenvalue weighted by Crippen LogP contribution is 2.23. The van der Waals surface area contributed by atoms with Crippen molar-refractivity contribution in [3.8, 4) is 0 Å². The average molecular weight is 252 g/mol. The second kappa shape index (κ2) is 6.83. The fourth-order valence-electron chi connectivity index (χ4n) is 2.49. The highest BCUT2D eigenvalue weighted by Gasteiger charge is 2.16. The molecule has 1 aromatic carbocycles. The van der Waals surface area contributed by atoms with Crippen molar-refractivity contribution in [3.05, 3.63) is 35.6 Å². The summed E-state index contributed by atoms with van der Waals surface area (Å²) < 4.78 is 18.7. The van der Waals surface area contributed by atoms with Gasteiger partial charge >= 0.3 is 0 Å². The SMILES string of the molecule is NNC(CCCC1CCCO1)c1cccc(F)c1. The van der Waals surface area contributed by atoms with Gasteiger partial charge in [-0.15, -0.1) is 0 Å². The Balaban J connectivity index is 1.81. The van der Waals surface area contributed by atoms with Gasteiger partial charge in [-0.25, -0.2) is 4.39 Å². The van der Waals surface area contributed by atoms with Crippen molar-refractivity contribution in [1.82, 2.24) is 5.43 Å². The molecule has 3 nitrogen and oxygen atoms in total. The van der Waals surface area contributed by atoms with Crippen molar-refractivity contribution in [2.75, 3.05) is 6.61 Å². The van der Waals surface area contributed by atoms with Crippen LogP contribution in [0.3, 0.4) is 0 Å². The summed E-state index contributed by atoms with van der Waals surface area (Å²) in [6.07, 6.45) is 5.76. The largest absolute Gasteiger partial charge is 0.378 e. The van der Waals surface area contributed by atoms with Gasteiger partial charge in [0.2, 0.25) is 0 Å². The smallest absolute Gasteiger partial charge is 0.123 e. The molecular weight excluding hydrogens is 231 g/mol. The average Bonchev–Trinajstić information content (AvgIpc) is 2.88. The summed E-state index contributed by atoms with van der Waals surface area (Å²) in [6, 6.07) is 6.62. The van der Waals surface area contributed by atoms with Crippen molar-refractivity contribution >= 4 is 0 Å². The zero-order valence-electron chi connectivity index (χ0n) is 10.6. The van der Waals surface area contributed by atoms with E-state index in [-0.39, 0.29) is 11.9 Å². The number of hydrogen-bond acceptors (Lipinski definition) is 3. The number of nitrogens with two attached hydrogens (primary N) is 1. The Bertz CT molecular complexity index is 367. The van der Waals surface area contributed by atoms with E-state index >= 15 is 0 Å². The van der Waals surface area contributed by atoms with Crippen LogP contribution >= 0.6 is 0 Å². The fraction of sp³-hybridized carbons (Fsp3) is 0.571. The first-order valence-electron chi connectivity index (χ1n) is 6.63. The Labute approximate surface area is 107 Å². The highest BCUT2D eigenvalue weighted by atomic mass is 19.1. The van der Waals surface area contributed by atoms with Crippen molar-refractivity contribution in [1.29, 1.82) is 0 Å². The van der Waals surface area contributed by atoms with Gasteiger partial charge in [0.15, 0.2) is 0 Å². The predicted octanol–water partition coefficient (Wildman–Crippen LogP) is 2.68. The van der Waals surface area contributed by atoms with Crippen LogP contribution in [-0.2, 0) is 4.74 Å². The van der Waals surface area contributed by atoms with Gasteiger partial charge in [-0.1, -0.05) is 12.1 Å². The van der Waals surface area contributed by atoms with E-state index in [0.29, 0.717) is 6.10 Å². The highest BCUT2D eigenvalue weighted by molar-refractivity contribution is 5.19. The Morgan fingerprint density at radius 1 is 1.50 bits per heavy atom. The zero-order chi connectivity index (χ0) is 12.8. The minimum atomic E-state index is -0.216. The van der Waals surface area contributed by atoms with E-state index in [4.69, 9.17) is 10.6 Å². The molecule has 100 valence electrons.